The molecule has 2 aromatic carbocycles. The lowest BCUT2D eigenvalue weighted by Gasteiger charge is -2.39. The van der Waals surface area contributed by atoms with Crippen LogP contribution in [0, 0.1) is 24.2 Å². The Kier molecular flexibility index (Phi) is 6.87. The van der Waals surface area contributed by atoms with Gasteiger partial charge in [-0.05, 0) is 55.5 Å². The fraction of sp³-hybridized carbons (Fsp3) is 0.393. The highest BCUT2D eigenvalue weighted by Gasteiger charge is 2.39. The highest BCUT2D eigenvalue weighted by atomic mass is 16.5. The van der Waals surface area contributed by atoms with E-state index in [-0.39, 0.29) is 24.2 Å². The molecule has 3 aromatic rings. The number of hydrogen-bond donors (Lipinski definition) is 4. The van der Waals surface area contributed by atoms with Crippen molar-refractivity contribution in [3.05, 3.63) is 64.8 Å². The Morgan fingerprint density at radius 1 is 1.32 bits per heavy atom. The van der Waals surface area contributed by atoms with Gasteiger partial charge in [0.1, 0.15) is 24.1 Å². The third kappa shape index (κ3) is 4.78. The number of carbonyl (C=O) groups excluding carboxylic acids is 2. The highest BCUT2D eigenvalue weighted by molar-refractivity contribution is 5.87. The van der Waals surface area contributed by atoms with Gasteiger partial charge in [-0.3, -0.25) is 14.5 Å². The maximum atomic E-state index is 13.7. The molecule has 9 nitrogen and oxygen atoms in total. The molecule has 3 heterocycles. The summed E-state index contributed by atoms with van der Waals surface area (Å²) in [6, 6.07) is 13.9. The van der Waals surface area contributed by atoms with Crippen LogP contribution in [0.25, 0.3) is 10.9 Å². The van der Waals surface area contributed by atoms with Gasteiger partial charge in [-0.2, -0.15) is 5.26 Å². The molecule has 0 radical (unpaired) electrons. The van der Waals surface area contributed by atoms with E-state index in [0.29, 0.717) is 37.4 Å². The number of nitrogens with one attached hydrogen (secondary N) is 3. The fourth-order valence-electron chi connectivity index (χ4n) is 5.52. The average Bonchev–Trinajstić information content (AvgIpc) is 3.52. The molecule has 2 aliphatic heterocycles. The number of aliphatic hydroxyl groups is 1. The Morgan fingerprint density at radius 2 is 2.16 bits per heavy atom. The van der Waals surface area contributed by atoms with Crippen molar-refractivity contribution < 1.29 is 19.4 Å². The number of aliphatic hydroxyl groups excluding tert-OH is 1. The molecule has 37 heavy (non-hydrogen) atoms. The first-order valence-electron chi connectivity index (χ1n) is 12.6. The van der Waals surface area contributed by atoms with Gasteiger partial charge < -0.3 is 25.5 Å². The lowest BCUT2D eigenvalue weighted by molar-refractivity contribution is -0.134. The zero-order chi connectivity index (χ0) is 26.1. The van der Waals surface area contributed by atoms with E-state index >= 15 is 0 Å². The van der Waals surface area contributed by atoms with Crippen LogP contribution in [0.4, 0.5) is 0 Å². The van der Waals surface area contributed by atoms with Crippen molar-refractivity contribution >= 4 is 22.7 Å². The Morgan fingerprint density at radius 3 is 2.89 bits per heavy atom. The van der Waals surface area contributed by atoms with Gasteiger partial charge in [0.05, 0.1) is 18.9 Å². The minimum atomic E-state index is -1.09. The van der Waals surface area contributed by atoms with Gasteiger partial charge in [0.2, 0.25) is 11.8 Å². The zero-order valence-corrected chi connectivity index (χ0v) is 21.0. The molecule has 0 saturated carbocycles. The van der Waals surface area contributed by atoms with Gasteiger partial charge in [-0.15, -0.1) is 0 Å². The summed E-state index contributed by atoms with van der Waals surface area (Å²) in [5.74, 6) is -0.0650. The predicted molar refractivity (Wildman–Crippen MR) is 137 cm³/mol. The summed E-state index contributed by atoms with van der Waals surface area (Å²) < 4.78 is 5.46. The van der Waals surface area contributed by atoms with Crippen LogP contribution in [-0.4, -0.2) is 53.0 Å². The van der Waals surface area contributed by atoms with Crippen molar-refractivity contribution in [2.75, 3.05) is 20.2 Å². The third-order valence-corrected chi connectivity index (χ3v) is 7.42. The van der Waals surface area contributed by atoms with Crippen LogP contribution < -0.4 is 15.4 Å². The zero-order valence-electron chi connectivity index (χ0n) is 21.0. The van der Waals surface area contributed by atoms with E-state index in [0.717, 1.165) is 27.6 Å². The molecule has 9 heteroatoms. The number of fused-ring (bicyclic) bond motifs is 2. The number of methoxy groups -OCH3 is 1. The van der Waals surface area contributed by atoms with Crippen molar-refractivity contribution in [3.63, 3.8) is 0 Å². The van der Waals surface area contributed by atoms with Gasteiger partial charge in [0.25, 0.3) is 0 Å². The van der Waals surface area contributed by atoms with Crippen molar-refractivity contribution in [3.8, 4) is 11.8 Å². The molecule has 4 atom stereocenters. The van der Waals surface area contributed by atoms with Crippen LogP contribution in [0.3, 0.4) is 0 Å². The molecule has 2 aliphatic rings. The smallest absolute Gasteiger partial charge is 0.243 e. The molecule has 0 bridgehead atoms. The topological polar surface area (TPSA) is 130 Å². The normalized spacial score (nSPS) is 21.1. The number of nitriles is 1. The minimum Gasteiger partial charge on any atom is -0.496 e. The van der Waals surface area contributed by atoms with Gasteiger partial charge in [-0.25, -0.2) is 0 Å². The number of nitrogens with zero attached hydrogens (tertiary/aromatic N) is 2. The third-order valence-electron chi connectivity index (χ3n) is 7.42. The molecule has 1 fully saturated rings. The lowest BCUT2D eigenvalue weighted by Crippen LogP contribution is -2.48. The molecule has 5 rings (SSSR count). The van der Waals surface area contributed by atoms with Crippen LogP contribution >= 0.6 is 0 Å². The SMILES string of the molecule is COc1cccc2[nH]c(C(O)N3CCc4cc(C)ccc4C3C(=O)NC(C#N)CC3CCNC3=O)cc12. The molecular weight excluding hydrogens is 470 g/mol. The fourth-order valence-corrected chi connectivity index (χ4v) is 5.52. The number of H-pyrrole nitrogens is 1. The van der Waals surface area contributed by atoms with Crippen molar-refractivity contribution in [2.45, 2.75) is 44.5 Å². The van der Waals surface area contributed by atoms with Crippen molar-refractivity contribution in [2.24, 2.45) is 5.92 Å². The summed E-state index contributed by atoms with van der Waals surface area (Å²) in [6.45, 7) is 3.04. The second kappa shape index (κ2) is 10.2. The second-order valence-electron chi connectivity index (χ2n) is 9.82. The summed E-state index contributed by atoms with van der Waals surface area (Å²) in [6.07, 6.45) is 0.480. The van der Waals surface area contributed by atoms with Crippen LogP contribution in [0.2, 0.25) is 0 Å². The molecule has 0 aliphatic carbocycles. The number of benzene rings is 2. The van der Waals surface area contributed by atoms with Gasteiger partial charge in [0.15, 0.2) is 0 Å². The second-order valence-corrected chi connectivity index (χ2v) is 9.82. The summed E-state index contributed by atoms with van der Waals surface area (Å²) in [5.41, 5.74) is 4.31. The van der Waals surface area contributed by atoms with Crippen LogP contribution in [-0.2, 0) is 16.0 Å². The number of carbonyl (C=O) groups is 2. The molecule has 4 N–H and O–H groups in total. The van der Waals surface area contributed by atoms with Gasteiger partial charge in [0, 0.05) is 29.9 Å². The standard InChI is InChI=1S/C28H31N5O4/c1-16-6-7-20-17(12-16)9-11-33(28(36)23-14-21-22(32-23)4-3-5-24(21)37-2)25(20)27(35)31-19(15-29)13-18-8-10-30-26(18)34/h3-7,12,14,18-19,25,28,32,36H,8-11,13H2,1-2H3,(H,30,34)(H,31,35). The minimum absolute atomic E-state index is 0.0840. The molecule has 1 saturated heterocycles. The first-order chi connectivity index (χ1) is 17.9. The number of aryl methyl sites for hydroxylation is 1. The van der Waals surface area contributed by atoms with Gasteiger partial charge in [-0.1, -0.05) is 29.8 Å². The molecular formula is C28H31N5O4. The van der Waals surface area contributed by atoms with Crippen LogP contribution in [0.5, 0.6) is 5.75 Å². The van der Waals surface area contributed by atoms with E-state index in [1.807, 2.05) is 43.3 Å². The van der Waals surface area contributed by atoms with Crippen LogP contribution in [0.15, 0.2) is 42.5 Å². The molecule has 192 valence electrons. The van der Waals surface area contributed by atoms with E-state index in [1.165, 1.54) is 0 Å². The number of hydrogen-bond acceptors (Lipinski definition) is 6. The van der Waals surface area contributed by atoms with E-state index in [9.17, 15) is 20.0 Å². The molecule has 1 aromatic heterocycles. The summed E-state index contributed by atoms with van der Waals surface area (Å²) in [5, 5.41) is 27.8. The largest absolute Gasteiger partial charge is 0.496 e. The lowest BCUT2D eigenvalue weighted by atomic mass is 9.89. The molecule has 0 spiro atoms. The summed E-state index contributed by atoms with van der Waals surface area (Å²) in [4.78, 5) is 30.8. The monoisotopic (exact) mass is 501 g/mol. The Balaban J connectivity index is 1.46. The summed E-state index contributed by atoms with van der Waals surface area (Å²) >= 11 is 0. The van der Waals surface area contributed by atoms with Crippen LogP contribution in [0.1, 0.15) is 47.5 Å². The summed E-state index contributed by atoms with van der Waals surface area (Å²) in [7, 11) is 1.60. The number of rotatable bonds is 7. The quantitative estimate of drug-likeness (QED) is 0.394. The highest BCUT2D eigenvalue weighted by Crippen LogP contribution is 2.37. The first-order valence-corrected chi connectivity index (χ1v) is 12.6. The Labute approximate surface area is 215 Å². The number of aromatic amines is 1. The Bertz CT molecular complexity index is 1380. The number of aromatic nitrogens is 1. The van der Waals surface area contributed by atoms with Gasteiger partial charge >= 0.3 is 0 Å². The molecule has 2 amide bonds. The predicted octanol–water partition coefficient (Wildman–Crippen LogP) is 2.61. The molecule has 4 unspecified atom stereocenters. The van der Waals surface area contributed by atoms with E-state index < -0.39 is 18.3 Å². The maximum absolute atomic E-state index is 13.7. The maximum Gasteiger partial charge on any atom is 0.243 e. The van der Waals surface area contributed by atoms with E-state index in [4.69, 9.17) is 4.74 Å². The van der Waals surface area contributed by atoms with E-state index in [2.05, 4.69) is 27.8 Å². The van der Waals surface area contributed by atoms with E-state index in [1.54, 1.807) is 12.0 Å². The number of amides is 2. The van der Waals surface area contributed by atoms with Crippen molar-refractivity contribution in [1.29, 1.82) is 5.26 Å². The Hall–Kier alpha value is -3.87. The number of ether oxygens (including phenoxy) is 1. The van der Waals surface area contributed by atoms with Crippen molar-refractivity contribution in [1.82, 2.24) is 20.5 Å². The average molecular weight is 502 g/mol. The first kappa shape index (κ1) is 24.8.